The molecule has 1 aliphatic rings. The van der Waals surface area contributed by atoms with Gasteiger partial charge in [-0.1, -0.05) is 20.8 Å². The maximum Gasteiger partial charge on any atom is 0.0643 e. The van der Waals surface area contributed by atoms with Gasteiger partial charge in [-0.3, -0.25) is 0 Å². The molecule has 0 aliphatic carbocycles. The maximum atomic E-state index is 4.97. The lowest BCUT2D eigenvalue weighted by atomic mass is 10.2. The lowest BCUT2D eigenvalue weighted by Gasteiger charge is -2.26. The Balaban J connectivity index is 0.000000371. The molecular weight excluding hydrogens is 126 g/mol. The first-order valence-corrected chi connectivity index (χ1v) is 4.24. The van der Waals surface area contributed by atoms with E-state index in [1.165, 1.54) is 6.42 Å². The van der Waals surface area contributed by atoms with E-state index in [-0.39, 0.29) is 0 Å². The van der Waals surface area contributed by atoms with Crippen molar-refractivity contribution >= 4 is 0 Å². The Kier molecular flexibility index (Phi) is 6.98. The molecule has 62 valence electrons. The van der Waals surface area contributed by atoms with Crippen LogP contribution >= 0.6 is 0 Å². The fourth-order valence-corrected chi connectivity index (χ4v) is 0.702. The molecule has 0 saturated carbocycles. The van der Waals surface area contributed by atoms with E-state index in [9.17, 15) is 0 Å². The highest BCUT2D eigenvalue weighted by Crippen LogP contribution is 1.98. The van der Waals surface area contributed by atoms with Gasteiger partial charge in [0.05, 0.1) is 19.3 Å². The highest BCUT2D eigenvalue weighted by Gasteiger charge is 2.15. The van der Waals surface area contributed by atoms with Crippen LogP contribution in [0.2, 0.25) is 0 Å². The standard InChI is InChI=1S/C6H13NO.C2H6/c1-2-3-7-6-4-8-5-6;1-2/h6-7H,2-5H2,1H3;1-2H3. The van der Waals surface area contributed by atoms with Crippen molar-refractivity contribution < 1.29 is 4.74 Å². The summed E-state index contributed by atoms with van der Waals surface area (Å²) < 4.78 is 4.97. The molecule has 0 amide bonds. The molecule has 0 aromatic rings. The van der Waals surface area contributed by atoms with E-state index >= 15 is 0 Å². The Morgan fingerprint density at radius 1 is 1.40 bits per heavy atom. The average Bonchev–Trinajstić information content (AvgIpc) is 1.90. The van der Waals surface area contributed by atoms with Gasteiger partial charge in [-0.05, 0) is 13.0 Å². The van der Waals surface area contributed by atoms with Crippen LogP contribution in [0.1, 0.15) is 27.2 Å². The van der Waals surface area contributed by atoms with Crippen molar-refractivity contribution in [1.82, 2.24) is 5.32 Å². The second kappa shape index (κ2) is 7.03. The van der Waals surface area contributed by atoms with Gasteiger partial charge in [0.15, 0.2) is 0 Å². The van der Waals surface area contributed by atoms with Crippen LogP contribution in [0.15, 0.2) is 0 Å². The smallest absolute Gasteiger partial charge is 0.0643 e. The first kappa shape index (κ1) is 9.92. The van der Waals surface area contributed by atoms with Crippen LogP contribution in [0.3, 0.4) is 0 Å². The molecule has 1 rings (SSSR count). The highest BCUT2D eigenvalue weighted by atomic mass is 16.5. The van der Waals surface area contributed by atoms with Crippen LogP contribution in [-0.2, 0) is 4.74 Å². The van der Waals surface area contributed by atoms with Crippen molar-refractivity contribution in [3.8, 4) is 0 Å². The number of rotatable bonds is 3. The Morgan fingerprint density at radius 3 is 2.30 bits per heavy atom. The van der Waals surface area contributed by atoms with Gasteiger partial charge in [-0.25, -0.2) is 0 Å². The van der Waals surface area contributed by atoms with Gasteiger partial charge in [0, 0.05) is 0 Å². The van der Waals surface area contributed by atoms with E-state index in [4.69, 9.17) is 4.74 Å². The summed E-state index contributed by atoms with van der Waals surface area (Å²) in [6.07, 6.45) is 1.22. The maximum absolute atomic E-state index is 4.97. The van der Waals surface area contributed by atoms with Crippen LogP contribution in [-0.4, -0.2) is 25.8 Å². The predicted octanol–water partition coefficient (Wildman–Crippen LogP) is 1.41. The summed E-state index contributed by atoms with van der Waals surface area (Å²) in [5.74, 6) is 0. The quantitative estimate of drug-likeness (QED) is 0.648. The molecule has 1 fully saturated rings. The van der Waals surface area contributed by atoms with E-state index in [0.717, 1.165) is 19.8 Å². The lowest BCUT2D eigenvalue weighted by molar-refractivity contribution is -0.00477. The minimum absolute atomic E-state index is 0.662. The van der Waals surface area contributed by atoms with Gasteiger partial charge in [-0.15, -0.1) is 0 Å². The zero-order valence-corrected chi connectivity index (χ0v) is 7.31. The van der Waals surface area contributed by atoms with E-state index in [1.54, 1.807) is 0 Å². The molecule has 0 aromatic carbocycles. The highest BCUT2D eigenvalue weighted by molar-refractivity contribution is 4.71. The van der Waals surface area contributed by atoms with E-state index in [2.05, 4.69) is 12.2 Å². The SMILES string of the molecule is CC.CCCNC1COC1. The van der Waals surface area contributed by atoms with Crippen LogP contribution in [0.25, 0.3) is 0 Å². The summed E-state index contributed by atoms with van der Waals surface area (Å²) in [5, 5.41) is 3.34. The Hall–Kier alpha value is -0.0800. The van der Waals surface area contributed by atoms with E-state index in [1.807, 2.05) is 13.8 Å². The number of hydrogen-bond donors (Lipinski definition) is 1. The first-order valence-electron chi connectivity index (χ1n) is 4.24. The monoisotopic (exact) mass is 145 g/mol. The summed E-state index contributed by atoms with van der Waals surface area (Å²) in [6, 6.07) is 0.662. The first-order chi connectivity index (χ1) is 4.93. The van der Waals surface area contributed by atoms with Gasteiger partial charge < -0.3 is 10.1 Å². The van der Waals surface area contributed by atoms with Crippen molar-refractivity contribution in [3.05, 3.63) is 0 Å². The topological polar surface area (TPSA) is 21.3 Å². The van der Waals surface area contributed by atoms with Crippen LogP contribution < -0.4 is 5.32 Å². The molecule has 10 heavy (non-hydrogen) atoms. The molecule has 1 saturated heterocycles. The van der Waals surface area contributed by atoms with Gasteiger partial charge in [0.25, 0.3) is 0 Å². The van der Waals surface area contributed by atoms with E-state index in [0.29, 0.717) is 6.04 Å². The molecule has 1 N–H and O–H groups in total. The largest absolute Gasteiger partial charge is 0.378 e. The van der Waals surface area contributed by atoms with Gasteiger partial charge in [0.2, 0.25) is 0 Å². The number of ether oxygens (including phenoxy) is 1. The molecular formula is C8H19NO. The van der Waals surface area contributed by atoms with Crippen LogP contribution in [0, 0.1) is 0 Å². The Morgan fingerprint density at radius 2 is 2.00 bits per heavy atom. The summed E-state index contributed by atoms with van der Waals surface area (Å²) in [6.45, 7) is 9.14. The molecule has 1 heterocycles. The zero-order valence-electron chi connectivity index (χ0n) is 7.31. The lowest BCUT2D eigenvalue weighted by Crippen LogP contribution is -2.46. The summed E-state index contributed by atoms with van der Waals surface area (Å²) in [7, 11) is 0. The fraction of sp³-hybridized carbons (Fsp3) is 1.00. The fourth-order valence-electron chi connectivity index (χ4n) is 0.702. The van der Waals surface area contributed by atoms with Crippen LogP contribution in [0.5, 0.6) is 0 Å². The molecule has 0 unspecified atom stereocenters. The van der Waals surface area contributed by atoms with Crippen molar-refractivity contribution in [3.63, 3.8) is 0 Å². The summed E-state index contributed by atoms with van der Waals surface area (Å²) >= 11 is 0. The molecule has 2 heteroatoms. The third-order valence-electron chi connectivity index (χ3n) is 1.32. The Labute approximate surface area is 64.0 Å². The van der Waals surface area contributed by atoms with Gasteiger partial charge in [0.1, 0.15) is 0 Å². The summed E-state index contributed by atoms with van der Waals surface area (Å²) in [5.41, 5.74) is 0. The second-order valence-electron chi connectivity index (χ2n) is 2.19. The molecule has 0 atom stereocenters. The van der Waals surface area contributed by atoms with Crippen molar-refractivity contribution in [1.29, 1.82) is 0 Å². The molecule has 0 bridgehead atoms. The normalized spacial score (nSPS) is 17.1. The molecule has 0 spiro atoms. The van der Waals surface area contributed by atoms with Crippen molar-refractivity contribution in [2.75, 3.05) is 19.8 Å². The third-order valence-corrected chi connectivity index (χ3v) is 1.32. The Bertz CT molecular complexity index is 62.3. The van der Waals surface area contributed by atoms with E-state index < -0.39 is 0 Å². The third kappa shape index (κ3) is 3.85. The predicted molar refractivity (Wildman–Crippen MR) is 44.2 cm³/mol. The number of hydrogen-bond acceptors (Lipinski definition) is 2. The van der Waals surface area contributed by atoms with Crippen molar-refractivity contribution in [2.45, 2.75) is 33.2 Å². The zero-order chi connectivity index (χ0) is 7.82. The minimum atomic E-state index is 0.662. The van der Waals surface area contributed by atoms with Gasteiger partial charge >= 0.3 is 0 Å². The van der Waals surface area contributed by atoms with Crippen molar-refractivity contribution in [2.24, 2.45) is 0 Å². The molecule has 2 nitrogen and oxygen atoms in total. The summed E-state index contributed by atoms with van der Waals surface area (Å²) in [4.78, 5) is 0. The molecule has 1 aliphatic heterocycles. The molecule has 0 aromatic heterocycles. The second-order valence-corrected chi connectivity index (χ2v) is 2.19. The van der Waals surface area contributed by atoms with Crippen LogP contribution in [0.4, 0.5) is 0 Å². The minimum Gasteiger partial charge on any atom is -0.378 e. The molecule has 0 radical (unpaired) electrons. The van der Waals surface area contributed by atoms with Gasteiger partial charge in [-0.2, -0.15) is 0 Å². The number of nitrogens with one attached hydrogen (secondary N) is 1. The average molecular weight is 145 g/mol.